The van der Waals surface area contributed by atoms with Crippen molar-refractivity contribution in [3.8, 4) is 5.75 Å². The summed E-state index contributed by atoms with van der Waals surface area (Å²) in [5.74, 6) is 0.331. The molecule has 19 heavy (non-hydrogen) atoms. The Hall–Kier alpha value is -1.63. The summed E-state index contributed by atoms with van der Waals surface area (Å²) >= 11 is 0. The van der Waals surface area contributed by atoms with Gasteiger partial charge in [-0.2, -0.15) is 0 Å². The first-order valence-corrected chi connectivity index (χ1v) is 4.98. The molecule has 0 radical (unpaired) electrons. The van der Waals surface area contributed by atoms with Gasteiger partial charge in [0.15, 0.2) is 0 Å². The van der Waals surface area contributed by atoms with E-state index in [-0.39, 0.29) is 35.5 Å². The molecule has 0 aliphatic rings. The van der Waals surface area contributed by atoms with E-state index in [1.54, 1.807) is 6.07 Å². The van der Waals surface area contributed by atoms with Crippen molar-refractivity contribution in [1.82, 2.24) is 0 Å². The van der Waals surface area contributed by atoms with Crippen LogP contribution in [0.3, 0.4) is 0 Å². The molecule has 7 heteroatoms. The third-order valence-electron chi connectivity index (χ3n) is 2.00. The van der Waals surface area contributed by atoms with E-state index in [0.717, 1.165) is 10.8 Å². The van der Waals surface area contributed by atoms with Gasteiger partial charge in [0, 0.05) is 12.3 Å². The summed E-state index contributed by atoms with van der Waals surface area (Å²) in [7, 11) is 0. The summed E-state index contributed by atoms with van der Waals surface area (Å²) in [6.45, 7) is 1.40. The molecule has 0 saturated carbocycles. The van der Waals surface area contributed by atoms with Crippen molar-refractivity contribution < 1.29 is 44.2 Å². The molecule has 0 bridgehead atoms. The minimum absolute atomic E-state index is 0. The van der Waals surface area contributed by atoms with E-state index >= 15 is 0 Å². The second kappa shape index (κ2) is 8.47. The van der Waals surface area contributed by atoms with Crippen LogP contribution in [0.2, 0.25) is 0 Å². The Morgan fingerprint density at radius 3 is 2.21 bits per heavy atom. The van der Waals surface area contributed by atoms with Gasteiger partial charge in [0.05, 0.1) is 5.09 Å². The Bertz CT molecular complexity index is 564. The molecule has 6 nitrogen and oxygen atoms in total. The van der Waals surface area contributed by atoms with Gasteiger partial charge in [-0.3, -0.25) is 4.79 Å². The van der Waals surface area contributed by atoms with Crippen LogP contribution in [0.1, 0.15) is 6.92 Å². The zero-order valence-corrected chi connectivity index (χ0v) is 12.5. The van der Waals surface area contributed by atoms with Gasteiger partial charge in [-0.05, 0) is 11.5 Å². The summed E-state index contributed by atoms with van der Waals surface area (Å²) in [6, 6.07) is 13.5. The van der Waals surface area contributed by atoms with Gasteiger partial charge in [0.25, 0.3) is 0 Å². The fraction of sp³-hybridized carbons (Fsp3) is 0.0833. The van der Waals surface area contributed by atoms with Crippen LogP contribution < -0.4 is 34.3 Å². The number of rotatable bonds is 1. The van der Waals surface area contributed by atoms with E-state index in [2.05, 4.69) is 0 Å². The molecular weight excluding hydrogens is 261 g/mol. The third-order valence-corrected chi connectivity index (χ3v) is 2.00. The molecule has 0 unspecified atom stereocenters. The van der Waals surface area contributed by atoms with Crippen LogP contribution in [0.15, 0.2) is 42.5 Å². The van der Waals surface area contributed by atoms with Gasteiger partial charge in [-0.1, -0.05) is 36.4 Å². The third kappa shape index (κ3) is 6.19. The number of carbonyl (C=O) groups is 1. The quantitative estimate of drug-likeness (QED) is 0.230. The maximum absolute atomic E-state index is 10.8. The minimum Gasteiger partial charge on any atom is -0.426 e. The first kappa shape index (κ1) is 17.4. The average molecular weight is 271 g/mol. The number of nitrogens with zero attached hydrogens (tertiary/aromatic N) is 1. The van der Waals surface area contributed by atoms with Crippen LogP contribution in [0.5, 0.6) is 5.75 Å². The minimum atomic E-state index is -1.75. The molecule has 0 fully saturated rings. The van der Waals surface area contributed by atoms with E-state index in [1.165, 1.54) is 6.92 Å². The summed E-state index contributed by atoms with van der Waals surface area (Å²) < 4.78 is 5.09. The predicted molar refractivity (Wildman–Crippen MR) is 65.6 cm³/mol. The largest absolute Gasteiger partial charge is 1.00 e. The molecule has 2 rings (SSSR count). The van der Waals surface area contributed by atoms with Crippen molar-refractivity contribution in [3.63, 3.8) is 0 Å². The van der Waals surface area contributed by atoms with Gasteiger partial charge in [0.2, 0.25) is 0 Å². The molecule has 0 atom stereocenters. The van der Waals surface area contributed by atoms with Crippen molar-refractivity contribution in [2.75, 3.05) is 0 Å². The van der Waals surface area contributed by atoms with Crippen LogP contribution in [0.25, 0.3) is 10.8 Å². The predicted octanol–water partition coefficient (Wildman–Crippen LogP) is -0.470. The number of carbonyl (C=O) groups excluding carboxylic acids is 1. The van der Waals surface area contributed by atoms with E-state index in [4.69, 9.17) is 20.1 Å². The van der Waals surface area contributed by atoms with Gasteiger partial charge in [0.1, 0.15) is 5.75 Å². The molecular formula is C12H10NNaO5. The number of fused-ring (bicyclic) bond motifs is 1. The van der Waals surface area contributed by atoms with Crippen LogP contribution in [0, 0.1) is 15.3 Å². The summed E-state index contributed by atoms with van der Waals surface area (Å²) in [5.41, 5.74) is 0. The number of esters is 1. The van der Waals surface area contributed by atoms with E-state index < -0.39 is 5.09 Å². The molecule has 94 valence electrons. The molecule has 0 heterocycles. The van der Waals surface area contributed by atoms with Gasteiger partial charge < -0.3 is 20.1 Å². The van der Waals surface area contributed by atoms with Crippen LogP contribution >= 0.6 is 0 Å². The molecule has 0 amide bonds. The van der Waals surface area contributed by atoms with Crippen molar-refractivity contribution in [2.24, 2.45) is 0 Å². The van der Waals surface area contributed by atoms with Gasteiger partial charge >= 0.3 is 35.5 Å². The zero-order chi connectivity index (χ0) is 13.5. The normalized spacial score (nSPS) is 8.68. The molecule has 2 aromatic rings. The van der Waals surface area contributed by atoms with Crippen molar-refractivity contribution in [1.29, 1.82) is 0 Å². The van der Waals surface area contributed by atoms with E-state index in [1.807, 2.05) is 36.4 Å². The monoisotopic (exact) mass is 271 g/mol. The number of ether oxygens (including phenoxy) is 1. The van der Waals surface area contributed by atoms with Crippen LogP contribution in [0.4, 0.5) is 0 Å². The second-order valence-corrected chi connectivity index (χ2v) is 3.29. The Kier molecular flexibility index (Phi) is 7.74. The average Bonchev–Trinajstić information content (AvgIpc) is 2.28. The van der Waals surface area contributed by atoms with Crippen molar-refractivity contribution in [3.05, 3.63) is 57.8 Å². The maximum Gasteiger partial charge on any atom is 1.00 e. The molecule has 0 aliphatic heterocycles. The van der Waals surface area contributed by atoms with E-state index in [0.29, 0.717) is 5.75 Å². The van der Waals surface area contributed by atoms with Crippen molar-refractivity contribution >= 4 is 16.7 Å². The number of hydrogen-bond donors (Lipinski definition) is 0. The summed E-state index contributed by atoms with van der Waals surface area (Å²) in [6.07, 6.45) is 0. The fourth-order valence-electron chi connectivity index (χ4n) is 1.44. The Morgan fingerprint density at radius 2 is 1.63 bits per heavy atom. The molecule has 0 spiro atoms. The summed E-state index contributed by atoms with van der Waals surface area (Å²) in [4.78, 5) is 19.1. The Balaban J connectivity index is 0.000000576. The molecule has 2 aromatic carbocycles. The standard InChI is InChI=1S/C12H10O2.NO3.Na/c1-9(13)14-12-8-4-6-10-5-2-3-7-11(10)12;2-1(3)4;/h2-8H,1H3;;/q;-1;+1. The maximum atomic E-state index is 10.8. The van der Waals surface area contributed by atoms with Crippen LogP contribution in [-0.4, -0.2) is 11.1 Å². The second-order valence-electron chi connectivity index (χ2n) is 3.29. The molecule has 0 aromatic heterocycles. The topological polar surface area (TPSA) is 92.5 Å². The van der Waals surface area contributed by atoms with Gasteiger partial charge in [-0.15, -0.1) is 0 Å². The SMILES string of the molecule is CC(=O)Oc1cccc2ccccc12.O=[N+]([O-])[O-].[Na+]. The molecule has 0 N–H and O–H groups in total. The fourth-order valence-corrected chi connectivity index (χ4v) is 1.44. The Morgan fingerprint density at radius 1 is 1.11 bits per heavy atom. The zero-order valence-electron chi connectivity index (χ0n) is 10.5. The first-order valence-electron chi connectivity index (χ1n) is 4.98. The van der Waals surface area contributed by atoms with Crippen molar-refractivity contribution in [2.45, 2.75) is 6.92 Å². The number of hydrogen-bond acceptors (Lipinski definition) is 5. The summed E-state index contributed by atoms with van der Waals surface area (Å²) in [5, 5.41) is 16.8. The first-order chi connectivity index (χ1) is 8.50. The Labute approximate surface area is 131 Å². The van der Waals surface area contributed by atoms with Crippen LogP contribution in [-0.2, 0) is 4.79 Å². The smallest absolute Gasteiger partial charge is 0.426 e. The molecule has 0 aliphatic carbocycles. The number of benzene rings is 2. The molecule has 0 saturated heterocycles. The van der Waals surface area contributed by atoms with Gasteiger partial charge in [-0.25, -0.2) is 0 Å². The van der Waals surface area contributed by atoms with E-state index in [9.17, 15) is 4.79 Å².